The van der Waals surface area contributed by atoms with E-state index in [0.717, 1.165) is 12.8 Å². The van der Waals surface area contributed by atoms with Crippen LogP contribution in [0.4, 0.5) is 0 Å². The third kappa shape index (κ3) is 2.90. The lowest BCUT2D eigenvalue weighted by molar-refractivity contribution is -0.142. The van der Waals surface area contributed by atoms with Crippen LogP contribution in [0.15, 0.2) is 0 Å². The van der Waals surface area contributed by atoms with Crippen molar-refractivity contribution < 1.29 is 14.7 Å². The number of hydrogen-bond donors (Lipinski definition) is 2. The molecule has 70 valence electrons. The van der Waals surface area contributed by atoms with Gasteiger partial charge in [-0.1, -0.05) is 26.7 Å². The first kappa shape index (κ1) is 10.9. The normalized spacial score (nSPS) is 12.6. The molecule has 12 heavy (non-hydrogen) atoms. The summed E-state index contributed by atoms with van der Waals surface area (Å²) in [4.78, 5) is 20.7. The second kappa shape index (κ2) is 5.57. The third-order valence-corrected chi connectivity index (χ3v) is 2.03. The van der Waals surface area contributed by atoms with E-state index in [0.29, 0.717) is 6.41 Å². The van der Waals surface area contributed by atoms with Crippen molar-refractivity contribution in [2.24, 2.45) is 5.92 Å². The fourth-order valence-electron chi connectivity index (χ4n) is 1.24. The molecule has 4 nitrogen and oxygen atoms in total. The second-order valence-corrected chi connectivity index (χ2v) is 2.68. The lowest BCUT2D eigenvalue weighted by atomic mass is 9.94. The van der Waals surface area contributed by atoms with E-state index >= 15 is 0 Å². The Morgan fingerprint density at radius 1 is 1.50 bits per heavy atom. The Morgan fingerprint density at radius 2 is 2.00 bits per heavy atom. The van der Waals surface area contributed by atoms with E-state index in [2.05, 4.69) is 5.32 Å². The van der Waals surface area contributed by atoms with Crippen molar-refractivity contribution in [2.45, 2.75) is 32.7 Å². The van der Waals surface area contributed by atoms with E-state index in [9.17, 15) is 9.59 Å². The van der Waals surface area contributed by atoms with E-state index in [1.54, 1.807) is 0 Å². The van der Waals surface area contributed by atoms with Gasteiger partial charge in [0.1, 0.15) is 6.04 Å². The highest BCUT2D eigenvalue weighted by Gasteiger charge is 2.24. The van der Waals surface area contributed by atoms with Gasteiger partial charge in [-0.15, -0.1) is 0 Å². The van der Waals surface area contributed by atoms with E-state index in [-0.39, 0.29) is 5.92 Å². The van der Waals surface area contributed by atoms with Crippen molar-refractivity contribution in [1.29, 1.82) is 0 Å². The molecule has 0 aliphatic carbocycles. The number of hydrogen-bond acceptors (Lipinski definition) is 2. The van der Waals surface area contributed by atoms with Crippen molar-refractivity contribution in [3.8, 4) is 0 Å². The van der Waals surface area contributed by atoms with E-state index < -0.39 is 12.0 Å². The standard InChI is InChI=1S/C8H15NO3/c1-3-6(4-2)7(8(11)12)9-5-10/h5-7H,3-4H2,1-2H3,(H,9,10)(H,11,12)/t7-/m0/s1. The number of carboxylic acid groups (broad SMARTS) is 1. The van der Waals surface area contributed by atoms with Gasteiger partial charge in [-0.05, 0) is 5.92 Å². The highest BCUT2D eigenvalue weighted by Crippen LogP contribution is 2.12. The molecule has 0 radical (unpaired) electrons. The molecule has 0 saturated heterocycles. The Labute approximate surface area is 72.0 Å². The summed E-state index contributed by atoms with van der Waals surface area (Å²) in [5, 5.41) is 11.0. The minimum absolute atomic E-state index is 0.0210. The maximum Gasteiger partial charge on any atom is 0.326 e. The molecular weight excluding hydrogens is 158 g/mol. The molecule has 0 aliphatic heterocycles. The fraction of sp³-hybridized carbons (Fsp3) is 0.750. The number of carbonyl (C=O) groups is 2. The minimum atomic E-state index is -0.962. The van der Waals surface area contributed by atoms with E-state index in [1.807, 2.05) is 13.8 Å². The lowest BCUT2D eigenvalue weighted by Gasteiger charge is -2.19. The molecule has 2 N–H and O–H groups in total. The number of nitrogens with one attached hydrogen (secondary N) is 1. The molecule has 0 aromatic rings. The highest BCUT2D eigenvalue weighted by atomic mass is 16.4. The van der Waals surface area contributed by atoms with Crippen LogP contribution in [0.3, 0.4) is 0 Å². The molecule has 0 saturated carbocycles. The summed E-state index contributed by atoms with van der Waals surface area (Å²) in [6.45, 7) is 3.83. The number of carboxylic acids is 1. The second-order valence-electron chi connectivity index (χ2n) is 2.68. The predicted octanol–water partition coefficient (Wildman–Crippen LogP) is 0.622. The number of rotatable bonds is 6. The maximum atomic E-state index is 10.6. The monoisotopic (exact) mass is 173 g/mol. The number of amides is 1. The Bertz CT molecular complexity index is 154. The molecule has 0 unspecified atom stereocenters. The van der Waals surface area contributed by atoms with Gasteiger partial charge in [0.2, 0.25) is 6.41 Å². The van der Waals surface area contributed by atoms with Crippen LogP contribution in [0.25, 0.3) is 0 Å². The zero-order chi connectivity index (χ0) is 9.56. The molecule has 1 atom stereocenters. The first-order chi connectivity index (χ1) is 5.67. The SMILES string of the molecule is CCC(CC)[C@H](NC=O)C(=O)O. The maximum absolute atomic E-state index is 10.6. The van der Waals surface area contributed by atoms with Crippen LogP contribution in [0.2, 0.25) is 0 Å². The number of aliphatic carboxylic acids is 1. The Kier molecular flexibility index (Phi) is 5.08. The van der Waals surface area contributed by atoms with Gasteiger partial charge in [-0.2, -0.15) is 0 Å². The average molecular weight is 173 g/mol. The molecule has 0 fully saturated rings. The molecule has 0 spiro atoms. The first-order valence-corrected chi connectivity index (χ1v) is 4.09. The molecule has 4 heteroatoms. The van der Waals surface area contributed by atoms with Crippen molar-refractivity contribution in [1.82, 2.24) is 5.32 Å². The molecular formula is C8H15NO3. The van der Waals surface area contributed by atoms with Crippen LogP contribution >= 0.6 is 0 Å². The average Bonchev–Trinajstić information content (AvgIpc) is 2.05. The molecule has 0 aliphatic rings. The van der Waals surface area contributed by atoms with Crippen LogP contribution in [-0.2, 0) is 9.59 Å². The van der Waals surface area contributed by atoms with Crippen molar-refractivity contribution in [2.75, 3.05) is 0 Å². The van der Waals surface area contributed by atoms with E-state index in [4.69, 9.17) is 5.11 Å². The fourth-order valence-corrected chi connectivity index (χ4v) is 1.24. The summed E-state index contributed by atoms with van der Waals surface area (Å²) in [6, 6.07) is -0.738. The zero-order valence-electron chi connectivity index (χ0n) is 7.41. The summed E-state index contributed by atoms with van der Waals surface area (Å²) in [5.41, 5.74) is 0. The minimum Gasteiger partial charge on any atom is -0.480 e. The lowest BCUT2D eigenvalue weighted by Crippen LogP contribution is -2.41. The van der Waals surface area contributed by atoms with Gasteiger partial charge in [-0.3, -0.25) is 4.79 Å². The van der Waals surface area contributed by atoms with Crippen molar-refractivity contribution in [3.05, 3.63) is 0 Å². The van der Waals surface area contributed by atoms with Crippen LogP contribution in [-0.4, -0.2) is 23.5 Å². The first-order valence-electron chi connectivity index (χ1n) is 4.09. The Morgan fingerprint density at radius 3 is 2.25 bits per heavy atom. The van der Waals surface area contributed by atoms with Crippen LogP contribution < -0.4 is 5.32 Å². The molecule has 0 aromatic carbocycles. The summed E-state index contributed by atoms with van der Waals surface area (Å²) in [6.07, 6.45) is 1.96. The summed E-state index contributed by atoms with van der Waals surface area (Å²) < 4.78 is 0. The smallest absolute Gasteiger partial charge is 0.326 e. The van der Waals surface area contributed by atoms with Crippen LogP contribution in [0.5, 0.6) is 0 Å². The highest BCUT2D eigenvalue weighted by molar-refractivity contribution is 5.76. The van der Waals surface area contributed by atoms with E-state index in [1.165, 1.54) is 0 Å². The summed E-state index contributed by atoms with van der Waals surface area (Å²) in [7, 11) is 0. The molecule has 1 amide bonds. The van der Waals surface area contributed by atoms with Crippen LogP contribution in [0, 0.1) is 5.92 Å². The predicted molar refractivity (Wildman–Crippen MR) is 44.7 cm³/mol. The largest absolute Gasteiger partial charge is 0.480 e. The van der Waals surface area contributed by atoms with Crippen LogP contribution in [0.1, 0.15) is 26.7 Å². The molecule has 0 heterocycles. The Hall–Kier alpha value is -1.06. The van der Waals surface area contributed by atoms with Crippen molar-refractivity contribution in [3.63, 3.8) is 0 Å². The topological polar surface area (TPSA) is 66.4 Å². The quantitative estimate of drug-likeness (QED) is 0.579. The van der Waals surface area contributed by atoms with Gasteiger partial charge in [0.15, 0.2) is 0 Å². The van der Waals surface area contributed by atoms with Gasteiger partial charge in [0.25, 0.3) is 0 Å². The van der Waals surface area contributed by atoms with Gasteiger partial charge in [0, 0.05) is 0 Å². The van der Waals surface area contributed by atoms with Gasteiger partial charge < -0.3 is 10.4 Å². The summed E-state index contributed by atoms with van der Waals surface area (Å²) in [5.74, 6) is -0.941. The Balaban J connectivity index is 4.24. The molecule has 0 rings (SSSR count). The van der Waals surface area contributed by atoms with Crippen molar-refractivity contribution >= 4 is 12.4 Å². The summed E-state index contributed by atoms with van der Waals surface area (Å²) >= 11 is 0. The van der Waals surface area contributed by atoms with Gasteiger partial charge in [-0.25, -0.2) is 4.79 Å². The molecule has 0 bridgehead atoms. The zero-order valence-corrected chi connectivity index (χ0v) is 7.41. The third-order valence-electron chi connectivity index (χ3n) is 2.03. The van der Waals surface area contributed by atoms with Gasteiger partial charge in [0.05, 0.1) is 0 Å². The molecule has 0 aromatic heterocycles. The number of carbonyl (C=O) groups excluding carboxylic acids is 1. The van der Waals surface area contributed by atoms with Gasteiger partial charge >= 0.3 is 5.97 Å².